The molecule has 0 spiro atoms. The Bertz CT molecular complexity index is 529. The highest BCUT2D eigenvalue weighted by molar-refractivity contribution is 9.10. The van der Waals surface area contributed by atoms with Gasteiger partial charge in [-0.05, 0) is 52.8 Å². The first-order valence-electron chi connectivity index (χ1n) is 5.42. The van der Waals surface area contributed by atoms with Crippen molar-refractivity contribution in [3.8, 4) is 0 Å². The maximum Gasteiger partial charge on any atom is 0.236 e. The zero-order valence-corrected chi connectivity index (χ0v) is 12.1. The second-order valence-corrected chi connectivity index (χ2v) is 5.28. The predicted octanol–water partition coefficient (Wildman–Crippen LogP) is 2.60. The number of hydrogen-bond donors (Lipinski definition) is 1. The fourth-order valence-corrected chi connectivity index (χ4v) is 2.60. The molecule has 6 heteroatoms. The van der Waals surface area contributed by atoms with Crippen molar-refractivity contribution in [3.05, 3.63) is 28.2 Å². The van der Waals surface area contributed by atoms with Crippen molar-refractivity contribution < 1.29 is 9.59 Å². The molecule has 1 saturated heterocycles. The van der Waals surface area contributed by atoms with Gasteiger partial charge < -0.3 is 5.32 Å². The van der Waals surface area contributed by atoms with Crippen molar-refractivity contribution in [2.45, 2.75) is 19.8 Å². The lowest BCUT2D eigenvalue weighted by Gasteiger charge is -2.17. The molecule has 1 fully saturated rings. The van der Waals surface area contributed by atoms with Gasteiger partial charge in [0.1, 0.15) is 0 Å². The fraction of sp³-hybridized carbons (Fsp3) is 0.250. The molecule has 4 nitrogen and oxygen atoms in total. The number of nitrogens with one attached hydrogen (secondary N) is 1. The molecule has 0 bridgehead atoms. The number of aryl methyl sites for hydroxylation is 1. The van der Waals surface area contributed by atoms with E-state index in [2.05, 4.69) is 21.2 Å². The molecule has 94 valence electrons. The Balaban J connectivity index is 2.16. The summed E-state index contributed by atoms with van der Waals surface area (Å²) in [6.07, 6.45) is 0.464. The number of amides is 2. The van der Waals surface area contributed by atoms with E-state index in [4.69, 9.17) is 12.2 Å². The number of anilines is 1. The van der Waals surface area contributed by atoms with E-state index in [0.29, 0.717) is 0 Å². The number of halogens is 1. The molecule has 0 unspecified atom stereocenters. The monoisotopic (exact) mass is 326 g/mol. The van der Waals surface area contributed by atoms with Crippen LogP contribution in [0.25, 0.3) is 0 Å². The van der Waals surface area contributed by atoms with Crippen LogP contribution in [0.1, 0.15) is 18.4 Å². The van der Waals surface area contributed by atoms with Crippen LogP contribution in [-0.2, 0) is 9.59 Å². The molecule has 0 saturated carbocycles. The van der Waals surface area contributed by atoms with Crippen LogP contribution in [0.2, 0.25) is 0 Å². The molecular formula is C12H11BrN2O2S. The van der Waals surface area contributed by atoms with Crippen LogP contribution in [0.3, 0.4) is 0 Å². The topological polar surface area (TPSA) is 49.4 Å². The van der Waals surface area contributed by atoms with Crippen molar-refractivity contribution in [1.82, 2.24) is 4.90 Å². The standard InChI is InChI=1S/C12H11BrN2O2S/c1-7-2-3-9(8(13)6-7)14-12(18)15-10(16)4-5-11(15)17/h2-3,6H,4-5H2,1H3,(H,14,18). The van der Waals surface area contributed by atoms with Crippen LogP contribution < -0.4 is 5.32 Å². The smallest absolute Gasteiger partial charge is 0.236 e. The van der Waals surface area contributed by atoms with Crippen molar-refractivity contribution in [3.63, 3.8) is 0 Å². The molecule has 2 rings (SSSR count). The Morgan fingerprint density at radius 1 is 1.33 bits per heavy atom. The molecule has 1 N–H and O–H groups in total. The van der Waals surface area contributed by atoms with Gasteiger partial charge in [-0.1, -0.05) is 6.07 Å². The maximum atomic E-state index is 11.5. The summed E-state index contributed by atoms with van der Waals surface area (Å²) in [4.78, 5) is 24.1. The van der Waals surface area contributed by atoms with Gasteiger partial charge in [0.2, 0.25) is 11.8 Å². The Hall–Kier alpha value is -1.27. The van der Waals surface area contributed by atoms with Gasteiger partial charge in [0.15, 0.2) is 5.11 Å². The Labute approximate surface area is 118 Å². The van der Waals surface area contributed by atoms with Gasteiger partial charge in [-0.15, -0.1) is 0 Å². The average Bonchev–Trinajstić information content (AvgIpc) is 2.62. The van der Waals surface area contributed by atoms with Gasteiger partial charge in [-0.25, -0.2) is 4.90 Å². The lowest BCUT2D eigenvalue weighted by atomic mass is 10.2. The third-order valence-electron chi connectivity index (χ3n) is 2.62. The lowest BCUT2D eigenvalue weighted by Crippen LogP contribution is -2.38. The summed E-state index contributed by atoms with van der Waals surface area (Å²) in [5, 5.41) is 3.04. The minimum Gasteiger partial charge on any atom is -0.331 e. The summed E-state index contributed by atoms with van der Waals surface area (Å²) < 4.78 is 0.837. The van der Waals surface area contributed by atoms with Gasteiger partial charge in [-0.2, -0.15) is 0 Å². The second-order valence-electron chi connectivity index (χ2n) is 4.04. The molecule has 1 aliphatic heterocycles. The van der Waals surface area contributed by atoms with E-state index in [1.54, 1.807) is 0 Å². The SMILES string of the molecule is Cc1ccc(NC(=S)N2C(=O)CCC2=O)c(Br)c1. The zero-order valence-electron chi connectivity index (χ0n) is 9.70. The number of benzene rings is 1. The number of carbonyl (C=O) groups excluding carboxylic acids is 2. The van der Waals surface area contributed by atoms with Crippen LogP contribution >= 0.6 is 28.1 Å². The third kappa shape index (κ3) is 2.59. The number of hydrogen-bond acceptors (Lipinski definition) is 3. The summed E-state index contributed by atoms with van der Waals surface area (Å²) in [7, 11) is 0. The zero-order chi connectivity index (χ0) is 13.3. The average molecular weight is 327 g/mol. The van der Waals surface area contributed by atoms with Crippen LogP contribution in [0.5, 0.6) is 0 Å². The van der Waals surface area contributed by atoms with Crippen molar-refractivity contribution in [1.29, 1.82) is 0 Å². The molecule has 0 aliphatic carbocycles. The molecular weight excluding hydrogens is 316 g/mol. The number of nitrogens with zero attached hydrogens (tertiary/aromatic N) is 1. The van der Waals surface area contributed by atoms with E-state index in [1.807, 2.05) is 25.1 Å². The van der Waals surface area contributed by atoms with E-state index in [-0.39, 0.29) is 29.8 Å². The summed E-state index contributed by atoms with van der Waals surface area (Å²) in [6, 6.07) is 5.69. The van der Waals surface area contributed by atoms with Gasteiger partial charge in [0.25, 0.3) is 0 Å². The molecule has 1 aromatic carbocycles. The Morgan fingerprint density at radius 2 is 1.94 bits per heavy atom. The number of rotatable bonds is 1. The maximum absolute atomic E-state index is 11.5. The summed E-state index contributed by atoms with van der Waals surface area (Å²) in [5.41, 5.74) is 1.84. The van der Waals surface area contributed by atoms with Crippen molar-refractivity contribution in [2.75, 3.05) is 5.32 Å². The van der Waals surface area contributed by atoms with E-state index < -0.39 is 0 Å². The number of carbonyl (C=O) groups is 2. The molecule has 18 heavy (non-hydrogen) atoms. The first-order valence-corrected chi connectivity index (χ1v) is 6.62. The molecule has 0 aromatic heterocycles. The second kappa shape index (κ2) is 5.16. The van der Waals surface area contributed by atoms with E-state index in [9.17, 15) is 9.59 Å². The molecule has 2 amide bonds. The van der Waals surface area contributed by atoms with Gasteiger partial charge in [0, 0.05) is 17.3 Å². The summed E-state index contributed by atoms with van der Waals surface area (Å²) >= 11 is 8.50. The minimum absolute atomic E-state index is 0.132. The Kier molecular flexibility index (Phi) is 3.77. The van der Waals surface area contributed by atoms with Crippen molar-refractivity contribution >= 4 is 50.8 Å². The largest absolute Gasteiger partial charge is 0.331 e. The van der Waals surface area contributed by atoms with E-state index >= 15 is 0 Å². The van der Waals surface area contributed by atoms with E-state index in [1.165, 1.54) is 0 Å². The fourth-order valence-electron chi connectivity index (χ4n) is 1.70. The number of imide groups is 1. The van der Waals surface area contributed by atoms with E-state index in [0.717, 1.165) is 20.6 Å². The quantitative estimate of drug-likeness (QED) is 0.636. The van der Waals surface area contributed by atoms with Gasteiger partial charge >= 0.3 is 0 Å². The first-order chi connectivity index (χ1) is 8.49. The molecule has 1 heterocycles. The highest BCUT2D eigenvalue weighted by Gasteiger charge is 2.32. The third-order valence-corrected chi connectivity index (χ3v) is 3.56. The first kappa shape index (κ1) is 13.2. The van der Waals surface area contributed by atoms with Crippen LogP contribution in [0, 0.1) is 6.92 Å². The Morgan fingerprint density at radius 3 is 2.50 bits per heavy atom. The van der Waals surface area contributed by atoms with Crippen LogP contribution in [-0.4, -0.2) is 21.8 Å². The molecule has 1 aromatic rings. The number of thiocarbonyl (C=S) groups is 1. The highest BCUT2D eigenvalue weighted by Crippen LogP contribution is 2.24. The normalized spacial score (nSPS) is 15.1. The van der Waals surface area contributed by atoms with Crippen LogP contribution in [0.15, 0.2) is 22.7 Å². The minimum atomic E-state index is -0.249. The predicted molar refractivity (Wildman–Crippen MR) is 76.2 cm³/mol. The summed E-state index contributed by atoms with van der Waals surface area (Å²) in [5.74, 6) is -0.499. The van der Waals surface area contributed by atoms with Gasteiger partial charge in [0.05, 0.1) is 5.69 Å². The molecule has 0 atom stereocenters. The molecule has 0 radical (unpaired) electrons. The highest BCUT2D eigenvalue weighted by atomic mass is 79.9. The van der Waals surface area contributed by atoms with Crippen molar-refractivity contribution in [2.24, 2.45) is 0 Å². The summed E-state index contributed by atoms with van der Waals surface area (Å²) in [6.45, 7) is 1.97. The van der Waals surface area contributed by atoms with Crippen LogP contribution in [0.4, 0.5) is 5.69 Å². The van der Waals surface area contributed by atoms with Gasteiger partial charge in [-0.3, -0.25) is 9.59 Å². The lowest BCUT2D eigenvalue weighted by molar-refractivity contribution is -0.133. The molecule has 1 aliphatic rings. The number of likely N-dealkylation sites (tertiary alicyclic amines) is 1.